The van der Waals surface area contributed by atoms with Gasteiger partial charge in [0.1, 0.15) is 0 Å². The fourth-order valence-corrected chi connectivity index (χ4v) is 1.30. The van der Waals surface area contributed by atoms with Gasteiger partial charge in [-0.15, -0.1) is 0 Å². The second-order valence-electron chi connectivity index (χ2n) is 3.28. The van der Waals surface area contributed by atoms with Crippen molar-refractivity contribution in [1.29, 1.82) is 0 Å². The molecule has 0 aromatic rings. The molecule has 0 amide bonds. The van der Waals surface area contributed by atoms with Crippen LogP contribution in [0.4, 0.5) is 13.2 Å². The minimum Gasteiger partial charge on any atom is -0.376 e. The molecule has 14 heavy (non-hydrogen) atoms. The van der Waals surface area contributed by atoms with Crippen molar-refractivity contribution in [3.63, 3.8) is 0 Å². The fraction of sp³-hybridized carbons (Fsp3) is 1.00. The first-order valence-corrected chi connectivity index (χ1v) is 4.68. The molecule has 3 nitrogen and oxygen atoms in total. The number of halogens is 3. The smallest absolute Gasteiger partial charge is 0.376 e. The third-order valence-electron chi connectivity index (χ3n) is 1.97. The molecule has 84 valence electrons. The predicted molar refractivity (Wildman–Crippen MR) is 46.2 cm³/mol. The lowest BCUT2D eigenvalue weighted by molar-refractivity contribution is -0.125. The largest absolute Gasteiger partial charge is 0.401 e. The van der Waals surface area contributed by atoms with Crippen LogP contribution in [0, 0.1) is 0 Å². The Labute approximate surface area is 81.0 Å². The molecule has 0 radical (unpaired) electrons. The van der Waals surface area contributed by atoms with E-state index in [2.05, 4.69) is 10.6 Å². The van der Waals surface area contributed by atoms with Crippen LogP contribution in [0.1, 0.15) is 6.42 Å². The Morgan fingerprint density at radius 1 is 1.43 bits per heavy atom. The van der Waals surface area contributed by atoms with Crippen LogP contribution in [0.3, 0.4) is 0 Å². The number of hydrogen-bond acceptors (Lipinski definition) is 3. The summed E-state index contributed by atoms with van der Waals surface area (Å²) in [7, 11) is 0. The predicted octanol–water partition coefficient (Wildman–Crippen LogP) is 0.517. The maximum Gasteiger partial charge on any atom is 0.401 e. The summed E-state index contributed by atoms with van der Waals surface area (Å²) in [5, 5.41) is 5.46. The lowest BCUT2D eigenvalue weighted by Crippen LogP contribution is -2.40. The van der Waals surface area contributed by atoms with E-state index in [1.807, 2.05) is 0 Å². The molecule has 0 aliphatic carbocycles. The highest BCUT2D eigenvalue weighted by atomic mass is 19.4. The molecule has 1 aliphatic heterocycles. The lowest BCUT2D eigenvalue weighted by Gasteiger charge is -2.23. The van der Waals surface area contributed by atoms with Crippen LogP contribution in [0.2, 0.25) is 0 Å². The number of alkyl halides is 3. The van der Waals surface area contributed by atoms with E-state index in [4.69, 9.17) is 4.74 Å². The molecule has 1 fully saturated rings. The van der Waals surface area contributed by atoms with Crippen LogP contribution < -0.4 is 10.6 Å². The molecule has 0 bridgehead atoms. The molecule has 0 aromatic heterocycles. The summed E-state index contributed by atoms with van der Waals surface area (Å²) < 4.78 is 40.5. The van der Waals surface area contributed by atoms with Gasteiger partial charge in [-0.1, -0.05) is 0 Å². The summed E-state index contributed by atoms with van der Waals surface area (Å²) in [6.07, 6.45) is -3.46. The van der Waals surface area contributed by atoms with Crippen LogP contribution in [-0.4, -0.2) is 45.1 Å². The van der Waals surface area contributed by atoms with Gasteiger partial charge in [0, 0.05) is 13.1 Å². The molecular formula is C8H15F3N2O. The number of rotatable bonds is 4. The summed E-state index contributed by atoms with van der Waals surface area (Å²) in [5.41, 5.74) is 0. The monoisotopic (exact) mass is 212 g/mol. The van der Waals surface area contributed by atoms with Gasteiger partial charge in [0.25, 0.3) is 0 Å². The number of nitrogens with one attached hydrogen (secondary N) is 2. The Morgan fingerprint density at radius 2 is 2.21 bits per heavy atom. The highest BCUT2D eigenvalue weighted by Gasteiger charge is 2.26. The van der Waals surface area contributed by atoms with Crippen molar-refractivity contribution >= 4 is 0 Å². The summed E-state index contributed by atoms with van der Waals surface area (Å²) in [4.78, 5) is 0. The number of ether oxygens (including phenoxy) is 1. The van der Waals surface area contributed by atoms with Gasteiger partial charge in [-0.2, -0.15) is 13.2 Å². The van der Waals surface area contributed by atoms with Crippen molar-refractivity contribution in [2.24, 2.45) is 0 Å². The first kappa shape index (κ1) is 11.7. The summed E-state index contributed by atoms with van der Waals surface area (Å²) >= 11 is 0. The van der Waals surface area contributed by atoms with Gasteiger partial charge < -0.3 is 15.4 Å². The van der Waals surface area contributed by atoms with Crippen molar-refractivity contribution in [2.75, 3.05) is 32.8 Å². The molecule has 1 aliphatic rings. The van der Waals surface area contributed by atoms with Gasteiger partial charge in [-0.05, 0) is 13.0 Å². The van der Waals surface area contributed by atoms with Crippen molar-refractivity contribution in [3.05, 3.63) is 0 Å². The summed E-state index contributed by atoms with van der Waals surface area (Å²) in [6, 6.07) is 0. The van der Waals surface area contributed by atoms with Gasteiger partial charge in [0.05, 0.1) is 19.3 Å². The Hall–Kier alpha value is -0.330. The topological polar surface area (TPSA) is 33.3 Å². The van der Waals surface area contributed by atoms with E-state index in [1.54, 1.807) is 0 Å². The molecule has 0 aromatic carbocycles. The summed E-state index contributed by atoms with van der Waals surface area (Å²) in [6.45, 7) is 1.61. The number of morpholine rings is 1. The van der Waals surface area contributed by atoms with Crippen LogP contribution in [0.5, 0.6) is 0 Å². The van der Waals surface area contributed by atoms with E-state index in [-0.39, 0.29) is 6.10 Å². The average Bonchev–Trinajstić information content (AvgIpc) is 2.13. The van der Waals surface area contributed by atoms with Crippen LogP contribution in [0.15, 0.2) is 0 Å². The highest BCUT2D eigenvalue weighted by molar-refractivity contribution is 4.68. The van der Waals surface area contributed by atoms with E-state index in [1.165, 1.54) is 0 Å². The Kier molecular flexibility index (Phi) is 4.64. The standard InChI is InChI=1S/C8H15F3N2O/c9-8(10,11)6-13-2-1-7-5-12-3-4-14-7/h7,12-13H,1-6H2. The second-order valence-corrected chi connectivity index (χ2v) is 3.28. The maximum absolute atomic E-state index is 11.7. The van der Waals surface area contributed by atoms with E-state index < -0.39 is 12.7 Å². The first-order chi connectivity index (χ1) is 6.58. The van der Waals surface area contributed by atoms with Gasteiger partial charge in [0.15, 0.2) is 0 Å². The van der Waals surface area contributed by atoms with Crippen LogP contribution >= 0.6 is 0 Å². The molecule has 1 heterocycles. The van der Waals surface area contributed by atoms with Crippen LogP contribution in [-0.2, 0) is 4.74 Å². The van der Waals surface area contributed by atoms with E-state index >= 15 is 0 Å². The van der Waals surface area contributed by atoms with Crippen molar-refractivity contribution in [2.45, 2.75) is 18.7 Å². The number of hydrogen-bond donors (Lipinski definition) is 2. The minimum absolute atomic E-state index is 0.0458. The third-order valence-corrected chi connectivity index (χ3v) is 1.97. The van der Waals surface area contributed by atoms with Crippen molar-refractivity contribution in [3.8, 4) is 0 Å². The van der Waals surface area contributed by atoms with E-state index in [0.29, 0.717) is 19.6 Å². The zero-order valence-electron chi connectivity index (χ0n) is 7.86. The van der Waals surface area contributed by atoms with Gasteiger partial charge in [0.2, 0.25) is 0 Å². The van der Waals surface area contributed by atoms with Crippen LogP contribution in [0.25, 0.3) is 0 Å². The first-order valence-electron chi connectivity index (χ1n) is 4.68. The van der Waals surface area contributed by atoms with E-state index in [9.17, 15) is 13.2 Å². The summed E-state index contributed by atoms with van der Waals surface area (Å²) in [5.74, 6) is 0. The SMILES string of the molecule is FC(F)(F)CNCCC1CNCCO1. The highest BCUT2D eigenvalue weighted by Crippen LogP contribution is 2.12. The average molecular weight is 212 g/mol. The lowest BCUT2D eigenvalue weighted by atomic mass is 10.2. The normalized spacial score (nSPS) is 23.8. The molecule has 2 N–H and O–H groups in total. The van der Waals surface area contributed by atoms with Gasteiger partial charge >= 0.3 is 6.18 Å². The molecule has 1 saturated heterocycles. The molecule has 1 rings (SSSR count). The zero-order chi connectivity index (χ0) is 10.4. The Morgan fingerprint density at radius 3 is 2.79 bits per heavy atom. The third kappa shape index (κ3) is 5.41. The maximum atomic E-state index is 11.7. The van der Waals surface area contributed by atoms with Crippen molar-refractivity contribution < 1.29 is 17.9 Å². The second kappa shape index (κ2) is 5.53. The minimum atomic E-state index is -4.12. The molecular weight excluding hydrogens is 197 g/mol. The van der Waals surface area contributed by atoms with Gasteiger partial charge in [-0.3, -0.25) is 0 Å². The van der Waals surface area contributed by atoms with Gasteiger partial charge in [-0.25, -0.2) is 0 Å². The fourth-order valence-electron chi connectivity index (χ4n) is 1.30. The Bertz CT molecular complexity index is 157. The van der Waals surface area contributed by atoms with Crippen molar-refractivity contribution in [1.82, 2.24) is 10.6 Å². The Balaban J connectivity index is 1.97. The van der Waals surface area contributed by atoms with E-state index in [0.717, 1.165) is 13.1 Å². The quantitative estimate of drug-likeness (QED) is 0.666. The molecule has 0 spiro atoms. The zero-order valence-corrected chi connectivity index (χ0v) is 7.86. The molecule has 1 atom stereocenters. The molecule has 6 heteroatoms. The molecule has 0 saturated carbocycles. The molecule has 1 unspecified atom stereocenters.